The van der Waals surface area contributed by atoms with Gasteiger partial charge in [0.15, 0.2) is 0 Å². The molecule has 5 nitrogen and oxygen atoms in total. The maximum Gasteiger partial charge on any atom is 0.247 e. The summed E-state index contributed by atoms with van der Waals surface area (Å²) in [6, 6.07) is 21.9. The Morgan fingerprint density at radius 1 is 1.06 bits per heavy atom. The summed E-state index contributed by atoms with van der Waals surface area (Å²) in [5, 5.41) is 6.49. The van der Waals surface area contributed by atoms with Crippen LogP contribution in [0.5, 0.6) is 0 Å². The van der Waals surface area contributed by atoms with Gasteiger partial charge in [-0.05, 0) is 48.4 Å². The number of nitrogens with zero attached hydrogens (tertiary/aromatic N) is 2. The fraction of sp³-hybridized carbons (Fsp3) is 0.357. The smallest absolute Gasteiger partial charge is 0.247 e. The zero-order chi connectivity index (χ0) is 23.2. The van der Waals surface area contributed by atoms with Crippen molar-refractivity contribution in [1.29, 1.82) is 0 Å². The fourth-order valence-corrected chi connectivity index (χ4v) is 4.33. The van der Waals surface area contributed by atoms with Gasteiger partial charge >= 0.3 is 0 Å². The van der Waals surface area contributed by atoms with Gasteiger partial charge in [0.2, 0.25) is 5.91 Å². The van der Waals surface area contributed by atoms with E-state index in [0.717, 1.165) is 24.3 Å². The van der Waals surface area contributed by atoms with Crippen LogP contribution in [0.15, 0.2) is 72.9 Å². The summed E-state index contributed by atoms with van der Waals surface area (Å²) in [6.45, 7) is 9.36. The third kappa shape index (κ3) is 5.99. The third-order valence-corrected chi connectivity index (χ3v) is 6.46. The van der Waals surface area contributed by atoms with Crippen molar-refractivity contribution in [3.05, 3.63) is 89.6 Å². The van der Waals surface area contributed by atoms with E-state index in [2.05, 4.69) is 65.6 Å². The van der Waals surface area contributed by atoms with Crippen molar-refractivity contribution in [2.24, 2.45) is 5.92 Å². The normalized spacial score (nSPS) is 17.5. The van der Waals surface area contributed by atoms with Crippen LogP contribution in [0.2, 0.25) is 0 Å². The Morgan fingerprint density at radius 2 is 1.82 bits per heavy atom. The molecule has 5 heteroatoms. The molecule has 4 rings (SSSR count). The fourth-order valence-electron chi connectivity index (χ4n) is 4.33. The van der Waals surface area contributed by atoms with Crippen LogP contribution in [0.4, 0.5) is 11.5 Å². The molecule has 1 saturated heterocycles. The average molecular weight is 443 g/mol. The van der Waals surface area contributed by atoms with Gasteiger partial charge in [0.1, 0.15) is 11.9 Å². The van der Waals surface area contributed by atoms with Crippen molar-refractivity contribution in [1.82, 2.24) is 10.3 Å². The summed E-state index contributed by atoms with van der Waals surface area (Å²) in [5.74, 6) is 1.46. The molecule has 3 atom stereocenters. The maximum absolute atomic E-state index is 13.3. The summed E-state index contributed by atoms with van der Waals surface area (Å²) >= 11 is 0. The van der Waals surface area contributed by atoms with E-state index in [9.17, 15) is 4.79 Å². The van der Waals surface area contributed by atoms with Crippen LogP contribution < -0.4 is 15.5 Å². The molecular weight excluding hydrogens is 408 g/mol. The first-order valence-electron chi connectivity index (χ1n) is 11.9. The highest BCUT2D eigenvalue weighted by molar-refractivity contribution is 5.94. The van der Waals surface area contributed by atoms with Gasteiger partial charge in [0.25, 0.3) is 0 Å². The first-order chi connectivity index (χ1) is 16.0. The summed E-state index contributed by atoms with van der Waals surface area (Å²) in [4.78, 5) is 20.1. The number of pyridine rings is 1. The topological polar surface area (TPSA) is 57.3 Å². The number of amides is 1. The number of aryl methyl sites for hydroxylation is 1. The van der Waals surface area contributed by atoms with Crippen LogP contribution in [0.1, 0.15) is 48.9 Å². The number of nitrogens with one attached hydrogen (secondary N) is 2. The monoisotopic (exact) mass is 442 g/mol. The van der Waals surface area contributed by atoms with Crippen LogP contribution in [0.25, 0.3) is 0 Å². The second-order valence-electron chi connectivity index (χ2n) is 9.29. The molecule has 2 aromatic carbocycles. The summed E-state index contributed by atoms with van der Waals surface area (Å²) in [5.41, 5.74) is 4.56. The maximum atomic E-state index is 13.3. The minimum atomic E-state index is -0.458. The highest BCUT2D eigenvalue weighted by Crippen LogP contribution is 2.24. The van der Waals surface area contributed by atoms with Crippen molar-refractivity contribution >= 4 is 17.4 Å². The summed E-state index contributed by atoms with van der Waals surface area (Å²) in [6.07, 6.45) is 3.07. The third-order valence-electron chi connectivity index (χ3n) is 6.46. The van der Waals surface area contributed by atoms with E-state index in [1.807, 2.05) is 48.7 Å². The zero-order valence-electron chi connectivity index (χ0n) is 19.8. The molecule has 2 heterocycles. The number of carbonyl (C=O) groups is 1. The van der Waals surface area contributed by atoms with Gasteiger partial charge in [0, 0.05) is 19.6 Å². The highest BCUT2D eigenvalue weighted by Gasteiger charge is 2.22. The Morgan fingerprint density at radius 3 is 2.45 bits per heavy atom. The molecule has 0 saturated carbocycles. The van der Waals surface area contributed by atoms with Gasteiger partial charge in [-0.15, -0.1) is 0 Å². The molecule has 3 aromatic rings. The molecule has 0 aliphatic carbocycles. The molecule has 1 fully saturated rings. The number of anilines is 2. The number of hydrogen-bond acceptors (Lipinski definition) is 4. The molecule has 0 radical (unpaired) electrons. The number of benzene rings is 2. The number of rotatable bonds is 8. The lowest BCUT2D eigenvalue weighted by molar-refractivity contribution is -0.118. The van der Waals surface area contributed by atoms with Crippen LogP contribution >= 0.6 is 0 Å². The van der Waals surface area contributed by atoms with Gasteiger partial charge in [-0.3, -0.25) is 4.79 Å². The van der Waals surface area contributed by atoms with E-state index >= 15 is 0 Å². The molecule has 1 aliphatic rings. The molecule has 1 amide bonds. The van der Waals surface area contributed by atoms with Crippen LogP contribution in [0.3, 0.4) is 0 Å². The largest absolute Gasteiger partial charge is 0.370 e. The molecule has 172 valence electrons. The Labute approximate surface area is 197 Å². The first-order valence-corrected chi connectivity index (χ1v) is 11.9. The predicted octanol–water partition coefficient (Wildman–Crippen LogP) is 5.31. The minimum absolute atomic E-state index is 0.104. The van der Waals surface area contributed by atoms with E-state index in [0.29, 0.717) is 18.3 Å². The Balaban J connectivity index is 1.43. The van der Waals surface area contributed by atoms with Crippen LogP contribution in [-0.2, 0) is 4.79 Å². The van der Waals surface area contributed by atoms with Crippen molar-refractivity contribution < 1.29 is 4.79 Å². The van der Waals surface area contributed by atoms with Gasteiger partial charge in [-0.25, -0.2) is 4.98 Å². The lowest BCUT2D eigenvalue weighted by Crippen LogP contribution is -2.35. The van der Waals surface area contributed by atoms with Crippen molar-refractivity contribution in [3.8, 4) is 0 Å². The van der Waals surface area contributed by atoms with E-state index in [-0.39, 0.29) is 11.8 Å². The van der Waals surface area contributed by atoms with Gasteiger partial charge in [-0.2, -0.15) is 0 Å². The van der Waals surface area contributed by atoms with E-state index in [1.165, 1.54) is 17.5 Å². The van der Waals surface area contributed by atoms with Gasteiger partial charge in [-0.1, -0.05) is 74.0 Å². The van der Waals surface area contributed by atoms with E-state index < -0.39 is 6.04 Å². The van der Waals surface area contributed by atoms with Gasteiger partial charge < -0.3 is 15.5 Å². The first kappa shape index (κ1) is 23.0. The predicted molar refractivity (Wildman–Crippen MR) is 136 cm³/mol. The quantitative estimate of drug-likeness (QED) is 0.496. The van der Waals surface area contributed by atoms with Crippen LogP contribution in [0, 0.1) is 12.8 Å². The Bertz CT molecular complexity index is 1030. The lowest BCUT2D eigenvalue weighted by Gasteiger charge is -2.22. The number of aromatic nitrogens is 1. The van der Waals surface area contributed by atoms with E-state index in [1.54, 1.807) is 0 Å². The average Bonchev–Trinajstić information content (AvgIpc) is 3.27. The lowest BCUT2D eigenvalue weighted by atomic mass is 9.98. The SMILES string of the molecule is Cc1ccc([C@H](C)CN[C@H](C(=O)Nc2ccc(N3CC[C@@H](C)C3)cn2)c2ccccc2)cc1. The Kier molecular flexibility index (Phi) is 7.40. The molecule has 0 spiro atoms. The standard InChI is InChI=1S/C28H34N4O/c1-20-9-11-23(12-10-20)22(3)17-30-27(24-7-5-4-6-8-24)28(33)31-26-14-13-25(18-29-26)32-16-15-21(2)19-32/h4-14,18,21-22,27,30H,15-17,19H2,1-3H3,(H,29,31,33)/t21-,22-,27+/m1/s1. The van der Waals surface area contributed by atoms with E-state index in [4.69, 9.17) is 0 Å². The zero-order valence-corrected chi connectivity index (χ0v) is 19.8. The molecule has 1 aromatic heterocycles. The van der Waals surface area contributed by atoms with Crippen molar-refractivity contribution in [3.63, 3.8) is 0 Å². The highest BCUT2D eigenvalue weighted by atomic mass is 16.2. The number of hydrogen-bond donors (Lipinski definition) is 2. The van der Waals surface area contributed by atoms with Crippen LogP contribution in [-0.4, -0.2) is 30.5 Å². The number of carbonyl (C=O) groups excluding carboxylic acids is 1. The second-order valence-corrected chi connectivity index (χ2v) is 9.29. The molecule has 0 bridgehead atoms. The Hall–Kier alpha value is -3.18. The molecule has 0 unspecified atom stereocenters. The summed E-state index contributed by atoms with van der Waals surface area (Å²) in [7, 11) is 0. The molecule has 2 N–H and O–H groups in total. The molecular formula is C28H34N4O. The van der Waals surface area contributed by atoms with Crippen molar-refractivity contribution in [2.45, 2.75) is 39.2 Å². The molecule has 33 heavy (non-hydrogen) atoms. The second kappa shape index (κ2) is 10.6. The minimum Gasteiger partial charge on any atom is -0.370 e. The van der Waals surface area contributed by atoms with Crippen molar-refractivity contribution in [2.75, 3.05) is 29.9 Å². The molecule has 1 aliphatic heterocycles. The summed E-state index contributed by atoms with van der Waals surface area (Å²) < 4.78 is 0. The van der Waals surface area contributed by atoms with Gasteiger partial charge in [0.05, 0.1) is 11.9 Å².